The summed E-state index contributed by atoms with van der Waals surface area (Å²) in [6.07, 6.45) is 4.59. The van der Waals surface area contributed by atoms with Crippen LogP contribution in [0.2, 0.25) is 0 Å². The largest absolute Gasteiger partial charge is 0.497 e. The predicted octanol–water partition coefficient (Wildman–Crippen LogP) is 2.76. The summed E-state index contributed by atoms with van der Waals surface area (Å²) in [4.78, 5) is 6.53. The Balaban J connectivity index is 1.30. The van der Waals surface area contributed by atoms with Gasteiger partial charge < -0.3 is 14.2 Å². The molecule has 4 rings (SSSR count). The fourth-order valence-corrected chi connectivity index (χ4v) is 3.81. The summed E-state index contributed by atoms with van der Waals surface area (Å²) in [6, 6.07) is 12.1. The molecule has 1 aromatic heterocycles. The van der Waals surface area contributed by atoms with Gasteiger partial charge in [-0.05, 0) is 36.2 Å². The third-order valence-electron chi connectivity index (χ3n) is 5.23. The second kappa shape index (κ2) is 7.02. The smallest absolute Gasteiger partial charge is 0.137 e. The van der Waals surface area contributed by atoms with Gasteiger partial charge in [0.1, 0.15) is 11.5 Å². The van der Waals surface area contributed by atoms with Crippen molar-refractivity contribution in [3.63, 3.8) is 0 Å². The van der Waals surface area contributed by atoms with Crippen molar-refractivity contribution in [2.24, 2.45) is 5.92 Å². The highest BCUT2D eigenvalue weighted by molar-refractivity contribution is 5.27. The predicted molar refractivity (Wildman–Crippen MR) is 94.8 cm³/mol. The van der Waals surface area contributed by atoms with E-state index in [1.807, 2.05) is 24.3 Å². The van der Waals surface area contributed by atoms with Crippen molar-refractivity contribution in [3.05, 3.63) is 54.4 Å². The standard InChI is InChI=1S/C20H24N2O3/c1-23-18-6-4-16(5-7-18)12-22-14-20(15-22)17(8-10-25-20)13-24-19-3-2-9-21-11-19/h2-7,9,11,17H,8,10,12-15H2,1H3/t17-/m0/s1. The Morgan fingerprint density at radius 3 is 2.76 bits per heavy atom. The molecule has 0 aliphatic carbocycles. The number of methoxy groups -OCH3 is 1. The molecule has 1 atom stereocenters. The summed E-state index contributed by atoms with van der Waals surface area (Å²) in [7, 11) is 1.69. The number of rotatable bonds is 6. The Hall–Kier alpha value is -2.11. The van der Waals surface area contributed by atoms with Crippen LogP contribution >= 0.6 is 0 Å². The van der Waals surface area contributed by atoms with E-state index in [4.69, 9.17) is 14.2 Å². The zero-order valence-electron chi connectivity index (χ0n) is 14.6. The summed E-state index contributed by atoms with van der Waals surface area (Å²) >= 11 is 0. The molecule has 3 heterocycles. The Morgan fingerprint density at radius 2 is 2.04 bits per heavy atom. The summed E-state index contributed by atoms with van der Waals surface area (Å²) < 4.78 is 17.3. The molecule has 0 saturated carbocycles. The Labute approximate surface area is 148 Å². The van der Waals surface area contributed by atoms with Gasteiger partial charge in [-0.25, -0.2) is 0 Å². The van der Waals surface area contributed by atoms with E-state index < -0.39 is 0 Å². The van der Waals surface area contributed by atoms with Crippen LogP contribution in [0.25, 0.3) is 0 Å². The molecule has 0 unspecified atom stereocenters. The van der Waals surface area contributed by atoms with E-state index >= 15 is 0 Å². The first kappa shape index (κ1) is 16.4. The molecule has 0 radical (unpaired) electrons. The fraction of sp³-hybridized carbons (Fsp3) is 0.450. The highest BCUT2D eigenvalue weighted by Gasteiger charge is 2.53. The van der Waals surface area contributed by atoms with Crippen LogP contribution in [0.5, 0.6) is 11.5 Å². The number of likely N-dealkylation sites (tertiary alicyclic amines) is 1. The Bertz CT molecular complexity index is 684. The number of nitrogens with zero attached hydrogens (tertiary/aromatic N) is 2. The normalized spacial score (nSPS) is 21.9. The summed E-state index contributed by atoms with van der Waals surface area (Å²) in [5.41, 5.74) is 1.27. The maximum absolute atomic E-state index is 6.12. The maximum Gasteiger partial charge on any atom is 0.137 e. The van der Waals surface area contributed by atoms with Gasteiger partial charge >= 0.3 is 0 Å². The van der Waals surface area contributed by atoms with E-state index in [0.717, 1.165) is 44.2 Å². The fourth-order valence-electron chi connectivity index (χ4n) is 3.81. The van der Waals surface area contributed by atoms with Crippen molar-refractivity contribution in [2.75, 3.05) is 33.4 Å². The second-order valence-corrected chi connectivity index (χ2v) is 6.89. The van der Waals surface area contributed by atoms with E-state index in [-0.39, 0.29) is 5.60 Å². The van der Waals surface area contributed by atoms with E-state index in [1.165, 1.54) is 5.56 Å². The number of hydrogen-bond donors (Lipinski definition) is 0. The molecular formula is C20H24N2O3. The lowest BCUT2D eigenvalue weighted by atomic mass is 9.81. The van der Waals surface area contributed by atoms with E-state index in [0.29, 0.717) is 12.5 Å². The molecule has 2 aliphatic heterocycles. The van der Waals surface area contributed by atoms with Crippen LogP contribution in [0.1, 0.15) is 12.0 Å². The highest BCUT2D eigenvalue weighted by atomic mass is 16.5. The molecule has 1 spiro atoms. The van der Waals surface area contributed by atoms with E-state index in [1.54, 1.807) is 19.5 Å². The molecule has 0 bridgehead atoms. The molecule has 2 aromatic rings. The molecule has 2 aliphatic rings. The van der Waals surface area contributed by atoms with Crippen molar-refractivity contribution in [3.8, 4) is 11.5 Å². The van der Waals surface area contributed by atoms with Crippen LogP contribution in [0.15, 0.2) is 48.8 Å². The van der Waals surface area contributed by atoms with Crippen molar-refractivity contribution in [1.29, 1.82) is 0 Å². The van der Waals surface area contributed by atoms with Crippen molar-refractivity contribution in [2.45, 2.75) is 18.6 Å². The van der Waals surface area contributed by atoms with Gasteiger partial charge in [-0.2, -0.15) is 0 Å². The average Bonchev–Trinajstić information content (AvgIpc) is 3.05. The third kappa shape index (κ3) is 3.48. The lowest BCUT2D eigenvalue weighted by molar-refractivity contribution is -0.140. The summed E-state index contributed by atoms with van der Waals surface area (Å²) in [5.74, 6) is 2.18. The molecule has 5 nitrogen and oxygen atoms in total. The molecule has 25 heavy (non-hydrogen) atoms. The highest BCUT2D eigenvalue weighted by Crippen LogP contribution is 2.40. The van der Waals surface area contributed by atoms with Gasteiger partial charge in [0.15, 0.2) is 0 Å². The van der Waals surface area contributed by atoms with Gasteiger partial charge in [-0.1, -0.05) is 12.1 Å². The number of hydrogen-bond acceptors (Lipinski definition) is 5. The maximum atomic E-state index is 6.12. The van der Waals surface area contributed by atoms with Crippen molar-refractivity contribution in [1.82, 2.24) is 9.88 Å². The zero-order chi connectivity index (χ0) is 17.1. The SMILES string of the molecule is COc1ccc(CN2CC3(C2)OCC[C@H]3COc2cccnc2)cc1. The number of aromatic nitrogens is 1. The Kier molecular flexibility index (Phi) is 4.59. The summed E-state index contributed by atoms with van der Waals surface area (Å²) in [5, 5.41) is 0. The van der Waals surface area contributed by atoms with Crippen LogP contribution in [-0.2, 0) is 11.3 Å². The quantitative estimate of drug-likeness (QED) is 0.809. The van der Waals surface area contributed by atoms with Crippen molar-refractivity contribution >= 4 is 0 Å². The average molecular weight is 340 g/mol. The minimum absolute atomic E-state index is 0.0331. The third-order valence-corrected chi connectivity index (χ3v) is 5.23. The lowest BCUT2D eigenvalue weighted by Crippen LogP contribution is -2.64. The van der Waals surface area contributed by atoms with E-state index in [2.05, 4.69) is 22.0 Å². The minimum Gasteiger partial charge on any atom is -0.497 e. The molecule has 132 valence electrons. The van der Waals surface area contributed by atoms with Gasteiger partial charge in [-0.3, -0.25) is 9.88 Å². The molecule has 0 N–H and O–H groups in total. The van der Waals surface area contributed by atoms with Crippen LogP contribution in [0.3, 0.4) is 0 Å². The lowest BCUT2D eigenvalue weighted by Gasteiger charge is -2.50. The first-order valence-electron chi connectivity index (χ1n) is 8.79. The minimum atomic E-state index is -0.0331. The summed E-state index contributed by atoms with van der Waals surface area (Å²) in [6.45, 7) is 4.42. The number of benzene rings is 1. The Morgan fingerprint density at radius 1 is 1.20 bits per heavy atom. The number of pyridine rings is 1. The van der Waals surface area contributed by atoms with E-state index in [9.17, 15) is 0 Å². The molecule has 1 aromatic carbocycles. The van der Waals surface area contributed by atoms with Gasteiger partial charge in [0.2, 0.25) is 0 Å². The molecule has 0 amide bonds. The van der Waals surface area contributed by atoms with Crippen LogP contribution in [-0.4, -0.2) is 48.9 Å². The van der Waals surface area contributed by atoms with Crippen LogP contribution < -0.4 is 9.47 Å². The van der Waals surface area contributed by atoms with Gasteiger partial charge in [0.25, 0.3) is 0 Å². The molecule has 5 heteroatoms. The second-order valence-electron chi connectivity index (χ2n) is 6.89. The van der Waals surface area contributed by atoms with Gasteiger partial charge in [-0.15, -0.1) is 0 Å². The first-order chi connectivity index (χ1) is 12.3. The number of ether oxygens (including phenoxy) is 3. The van der Waals surface area contributed by atoms with Crippen molar-refractivity contribution < 1.29 is 14.2 Å². The van der Waals surface area contributed by atoms with Crippen LogP contribution in [0.4, 0.5) is 0 Å². The van der Waals surface area contributed by atoms with Gasteiger partial charge in [0.05, 0.1) is 25.5 Å². The monoisotopic (exact) mass is 340 g/mol. The van der Waals surface area contributed by atoms with Crippen LogP contribution in [0, 0.1) is 5.92 Å². The zero-order valence-corrected chi connectivity index (χ0v) is 14.6. The molecule has 2 saturated heterocycles. The molecule has 2 fully saturated rings. The van der Waals surface area contributed by atoms with Gasteiger partial charge in [0, 0.05) is 38.4 Å². The topological polar surface area (TPSA) is 43.8 Å². The first-order valence-corrected chi connectivity index (χ1v) is 8.79. The molecular weight excluding hydrogens is 316 g/mol.